The topological polar surface area (TPSA) is 12.0 Å². The van der Waals surface area contributed by atoms with E-state index in [1.165, 1.54) is 24.1 Å². The number of nitrogens with one attached hydrogen (secondary N) is 1. The van der Waals surface area contributed by atoms with E-state index in [0.29, 0.717) is 6.04 Å². The summed E-state index contributed by atoms with van der Waals surface area (Å²) in [6.45, 7) is 3.73. The number of thiophene rings is 1. The van der Waals surface area contributed by atoms with Gasteiger partial charge in [-0.2, -0.15) is 0 Å². The number of hydrogen-bond donors (Lipinski definition) is 1. The van der Waals surface area contributed by atoms with E-state index in [9.17, 15) is 0 Å². The third-order valence-electron chi connectivity index (χ3n) is 2.71. The molecular weight excluding hydrogens is 238 g/mol. The summed E-state index contributed by atoms with van der Waals surface area (Å²) < 4.78 is 0. The third-order valence-corrected chi connectivity index (χ3v) is 4.18. The van der Waals surface area contributed by atoms with Gasteiger partial charge in [0.1, 0.15) is 0 Å². The Morgan fingerprint density at radius 2 is 2.31 bits per heavy atom. The van der Waals surface area contributed by atoms with Crippen LogP contribution in [-0.4, -0.2) is 7.05 Å². The van der Waals surface area contributed by atoms with Crippen molar-refractivity contribution >= 4 is 22.9 Å². The van der Waals surface area contributed by atoms with Gasteiger partial charge in [-0.25, -0.2) is 0 Å². The summed E-state index contributed by atoms with van der Waals surface area (Å²) in [5.74, 6) is 0. The Balaban J connectivity index is 2.33. The van der Waals surface area contributed by atoms with Crippen LogP contribution in [0.25, 0.3) is 0 Å². The maximum Gasteiger partial charge on any atom is 0.0561 e. The van der Waals surface area contributed by atoms with Crippen molar-refractivity contribution in [2.45, 2.75) is 38.1 Å². The Kier molecular flexibility index (Phi) is 6.78. The molecule has 0 saturated carbocycles. The van der Waals surface area contributed by atoms with Gasteiger partial charge in [0.15, 0.2) is 0 Å². The number of allylic oxidation sites excluding steroid dienone is 1. The van der Waals surface area contributed by atoms with E-state index >= 15 is 0 Å². The predicted molar refractivity (Wildman–Crippen MR) is 74.4 cm³/mol. The number of rotatable bonds is 8. The molecule has 90 valence electrons. The van der Waals surface area contributed by atoms with Crippen LogP contribution in [0.5, 0.6) is 0 Å². The van der Waals surface area contributed by atoms with Gasteiger partial charge in [0.25, 0.3) is 0 Å². The second-order valence-corrected chi connectivity index (χ2v) is 5.26. The average molecular weight is 258 g/mol. The highest BCUT2D eigenvalue weighted by molar-refractivity contribution is 7.10. The summed E-state index contributed by atoms with van der Waals surface area (Å²) in [5, 5.41) is 6.30. The highest BCUT2D eigenvalue weighted by Gasteiger charge is 2.13. The van der Waals surface area contributed by atoms with Gasteiger partial charge in [0.05, 0.1) is 5.02 Å². The third kappa shape index (κ3) is 4.28. The van der Waals surface area contributed by atoms with E-state index in [2.05, 4.69) is 17.3 Å². The molecule has 3 heteroatoms. The molecule has 0 aliphatic heterocycles. The van der Waals surface area contributed by atoms with E-state index in [1.54, 1.807) is 11.3 Å². The summed E-state index contributed by atoms with van der Waals surface area (Å²) in [4.78, 5) is 1.27. The molecule has 0 aliphatic carbocycles. The molecule has 1 heterocycles. The minimum absolute atomic E-state index is 0.413. The minimum Gasteiger partial charge on any atom is -0.312 e. The van der Waals surface area contributed by atoms with Crippen molar-refractivity contribution in [3.8, 4) is 0 Å². The molecule has 0 aromatic carbocycles. The van der Waals surface area contributed by atoms with E-state index in [0.717, 1.165) is 17.9 Å². The van der Waals surface area contributed by atoms with E-state index in [-0.39, 0.29) is 0 Å². The Hall–Kier alpha value is -0.310. The first kappa shape index (κ1) is 13.8. The molecule has 1 aromatic rings. The molecule has 0 aliphatic rings. The zero-order valence-electron chi connectivity index (χ0n) is 9.84. The molecule has 0 fully saturated rings. The second-order valence-electron chi connectivity index (χ2n) is 3.90. The zero-order valence-corrected chi connectivity index (χ0v) is 11.4. The summed E-state index contributed by atoms with van der Waals surface area (Å²) >= 11 is 7.87. The Labute approximate surface area is 108 Å². The lowest BCUT2D eigenvalue weighted by Crippen LogP contribution is -2.15. The van der Waals surface area contributed by atoms with Crippen molar-refractivity contribution in [1.29, 1.82) is 0 Å². The van der Waals surface area contributed by atoms with Gasteiger partial charge in [-0.15, -0.1) is 17.9 Å². The molecular formula is C13H20ClNS. The van der Waals surface area contributed by atoms with E-state index in [1.807, 2.05) is 19.2 Å². The molecule has 1 unspecified atom stereocenters. The fourth-order valence-electron chi connectivity index (χ4n) is 1.77. The number of hydrogen-bond acceptors (Lipinski definition) is 2. The standard InChI is InChI=1S/C13H20ClNS/c1-3-4-5-6-7-8-12(15-2)13-11(14)9-10-16-13/h3,9-10,12,15H,1,4-8H2,2H3. The van der Waals surface area contributed by atoms with Crippen LogP contribution >= 0.6 is 22.9 Å². The lowest BCUT2D eigenvalue weighted by molar-refractivity contribution is 0.514. The van der Waals surface area contributed by atoms with Crippen LogP contribution in [0.3, 0.4) is 0 Å². The van der Waals surface area contributed by atoms with Crippen molar-refractivity contribution in [2.24, 2.45) is 0 Å². The molecule has 0 radical (unpaired) electrons. The summed E-state index contributed by atoms with van der Waals surface area (Å²) in [6.07, 6.45) is 8.04. The fourth-order valence-corrected chi connectivity index (χ4v) is 3.11. The van der Waals surface area contributed by atoms with Crippen LogP contribution in [0.1, 0.15) is 43.0 Å². The maximum absolute atomic E-state index is 6.13. The average Bonchev–Trinajstić information content (AvgIpc) is 2.70. The SMILES string of the molecule is C=CCCCCCC(NC)c1sccc1Cl. The van der Waals surface area contributed by atoms with Gasteiger partial charge >= 0.3 is 0 Å². The van der Waals surface area contributed by atoms with E-state index < -0.39 is 0 Å². The molecule has 0 bridgehead atoms. The van der Waals surface area contributed by atoms with Gasteiger partial charge in [-0.05, 0) is 37.8 Å². The van der Waals surface area contributed by atoms with Gasteiger partial charge in [-0.1, -0.05) is 30.5 Å². The molecule has 0 amide bonds. The smallest absolute Gasteiger partial charge is 0.0561 e. The van der Waals surface area contributed by atoms with Crippen molar-refractivity contribution in [2.75, 3.05) is 7.05 Å². The first-order chi connectivity index (χ1) is 7.79. The van der Waals surface area contributed by atoms with Crippen molar-refractivity contribution < 1.29 is 0 Å². The Bertz CT molecular complexity index is 309. The monoisotopic (exact) mass is 257 g/mol. The Morgan fingerprint density at radius 1 is 1.50 bits per heavy atom. The lowest BCUT2D eigenvalue weighted by atomic mass is 10.1. The van der Waals surface area contributed by atoms with Gasteiger partial charge < -0.3 is 5.32 Å². The van der Waals surface area contributed by atoms with Gasteiger partial charge in [0, 0.05) is 10.9 Å². The molecule has 0 spiro atoms. The largest absolute Gasteiger partial charge is 0.312 e. The maximum atomic E-state index is 6.13. The molecule has 16 heavy (non-hydrogen) atoms. The van der Waals surface area contributed by atoms with Crippen LogP contribution in [0.2, 0.25) is 5.02 Å². The highest BCUT2D eigenvalue weighted by Crippen LogP contribution is 2.31. The highest BCUT2D eigenvalue weighted by atomic mass is 35.5. The van der Waals surface area contributed by atoms with Crippen LogP contribution < -0.4 is 5.32 Å². The summed E-state index contributed by atoms with van der Waals surface area (Å²) in [7, 11) is 2.00. The van der Waals surface area contributed by atoms with Crippen LogP contribution in [0.15, 0.2) is 24.1 Å². The first-order valence-corrected chi connectivity index (χ1v) is 7.06. The lowest BCUT2D eigenvalue weighted by Gasteiger charge is -2.14. The fraction of sp³-hybridized carbons (Fsp3) is 0.538. The summed E-state index contributed by atoms with van der Waals surface area (Å²) in [5.41, 5.74) is 0. The second kappa shape index (κ2) is 7.88. The summed E-state index contributed by atoms with van der Waals surface area (Å²) in [6, 6.07) is 2.39. The minimum atomic E-state index is 0.413. The predicted octanol–water partition coefficient (Wildman–Crippen LogP) is 4.80. The molecule has 1 rings (SSSR count). The molecule has 0 saturated heterocycles. The van der Waals surface area contributed by atoms with E-state index in [4.69, 9.17) is 11.6 Å². The normalized spacial score (nSPS) is 12.6. The Morgan fingerprint density at radius 3 is 2.88 bits per heavy atom. The van der Waals surface area contributed by atoms with Crippen molar-refractivity contribution in [1.82, 2.24) is 5.32 Å². The molecule has 1 nitrogen and oxygen atoms in total. The van der Waals surface area contributed by atoms with Crippen molar-refractivity contribution in [3.63, 3.8) is 0 Å². The number of halogens is 1. The zero-order chi connectivity index (χ0) is 11.8. The number of unbranched alkanes of at least 4 members (excludes halogenated alkanes) is 3. The van der Waals surface area contributed by atoms with Crippen molar-refractivity contribution in [3.05, 3.63) is 34.0 Å². The first-order valence-electron chi connectivity index (χ1n) is 5.80. The molecule has 1 atom stereocenters. The van der Waals surface area contributed by atoms with Gasteiger partial charge in [0.2, 0.25) is 0 Å². The van der Waals surface area contributed by atoms with Crippen LogP contribution in [0.4, 0.5) is 0 Å². The molecule has 1 aromatic heterocycles. The van der Waals surface area contributed by atoms with Crippen LogP contribution in [0, 0.1) is 0 Å². The quantitative estimate of drug-likeness (QED) is 0.521. The van der Waals surface area contributed by atoms with Gasteiger partial charge in [-0.3, -0.25) is 0 Å². The molecule has 1 N–H and O–H groups in total. The van der Waals surface area contributed by atoms with Crippen LogP contribution in [-0.2, 0) is 0 Å².